The van der Waals surface area contributed by atoms with E-state index in [4.69, 9.17) is 0 Å². The van der Waals surface area contributed by atoms with Crippen molar-refractivity contribution in [1.29, 1.82) is 0 Å². The van der Waals surface area contributed by atoms with Crippen LogP contribution in [0.15, 0.2) is 95.5 Å². The Morgan fingerprint density at radius 3 is 1.46 bits per heavy atom. The first-order chi connectivity index (χ1) is 18.8. The predicted molar refractivity (Wildman–Crippen MR) is 151 cm³/mol. The average molecular weight is 589 g/mol. The Kier molecular flexibility index (Phi) is 8.17. The second-order valence-electron chi connectivity index (χ2n) is 9.85. The zero-order valence-electron chi connectivity index (χ0n) is 21.1. The summed E-state index contributed by atoms with van der Waals surface area (Å²) in [7, 11) is 0. The molecule has 1 atom stereocenters. The highest BCUT2D eigenvalue weighted by atomic mass is 79.9. The lowest BCUT2D eigenvalue weighted by Gasteiger charge is -2.11. The Morgan fingerprint density at radius 1 is 0.590 bits per heavy atom. The highest BCUT2D eigenvalue weighted by Crippen LogP contribution is 2.26. The molecule has 0 heterocycles. The lowest BCUT2D eigenvalue weighted by Crippen LogP contribution is -2.35. The van der Waals surface area contributed by atoms with Crippen LogP contribution < -0.4 is 10.6 Å². The molecule has 2 aliphatic rings. The Morgan fingerprint density at radius 2 is 1.00 bits per heavy atom. The third-order valence-electron chi connectivity index (χ3n) is 7.04. The third-order valence-corrected chi connectivity index (χ3v) is 7.53. The van der Waals surface area contributed by atoms with E-state index in [-0.39, 0.29) is 35.5 Å². The van der Waals surface area contributed by atoms with E-state index in [1.165, 1.54) is 70.8 Å². The number of rotatable bonds is 4. The minimum Gasteiger partial charge on any atom is -0.349 e. The number of carbonyl (C=O) groups is 2. The fraction of sp³-hybridized carbons (Fsp3) is 0.188. The molecule has 2 aliphatic carbocycles. The number of hydrogen-bond donors (Lipinski definition) is 2. The van der Waals surface area contributed by atoms with E-state index in [1.807, 2.05) is 18.2 Å². The van der Waals surface area contributed by atoms with Gasteiger partial charge in [-0.25, -0.2) is 8.78 Å². The molecule has 0 aliphatic heterocycles. The number of benzene rings is 4. The van der Waals surface area contributed by atoms with E-state index in [0.29, 0.717) is 11.1 Å². The minimum atomic E-state index is -0.334. The number of amides is 2. The van der Waals surface area contributed by atoms with Crippen LogP contribution in [-0.2, 0) is 25.7 Å². The Hall–Kier alpha value is -3.84. The van der Waals surface area contributed by atoms with Crippen molar-refractivity contribution in [2.24, 2.45) is 0 Å². The number of nitrogens with one attached hydrogen (secondary N) is 2. The van der Waals surface area contributed by atoms with Crippen molar-refractivity contribution >= 4 is 27.7 Å². The first-order valence-corrected chi connectivity index (χ1v) is 13.6. The summed E-state index contributed by atoms with van der Waals surface area (Å²) >= 11 is 3.46. The first kappa shape index (κ1) is 26.8. The summed E-state index contributed by atoms with van der Waals surface area (Å²) in [6.45, 7) is 0. The van der Waals surface area contributed by atoms with Crippen molar-refractivity contribution in [3.63, 3.8) is 0 Å². The molecular formula is C32H27BrF2N2O2. The van der Waals surface area contributed by atoms with Crippen LogP contribution in [0.1, 0.15) is 43.0 Å². The summed E-state index contributed by atoms with van der Waals surface area (Å²) in [6.07, 6.45) is 3.41. The van der Waals surface area contributed by atoms with E-state index >= 15 is 0 Å². The first-order valence-electron chi connectivity index (χ1n) is 12.8. The van der Waals surface area contributed by atoms with Gasteiger partial charge in [0.1, 0.15) is 11.6 Å². The molecular weight excluding hydrogens is 562 g/mol. The summed E-state index contributed by atoms with van der Waals surface area (Å²) < 4.78 is 26.7. The van der Waals surface area contributed by atoms with Gasteiger partial charge in [0.2, 0.25) is 0 Å². The third kappa shape index (κ3) is 6.79. The Bertz CT molecular complexity index is 1460. The number of halogens is 3. The second kappa shape index (κ2) is 11.9. The maximum absolute atomic E-state index is 12.8. The summed E-state index contributed by atoms with van der Waals surface area (Å²) in [5.74, 6) is -0.954. The van der Waals surface area contributed by atoms with E-state index in [9.17, 15) is 18.4 Å². The molecule has 0 radical (unpaired) electrons. The molecule has 0 saturated carbocycles. The molecule has 39 heavy (non-hydrogen) atoms. The highest BCUT2D eigenvalue weighted by molar-refractivity contribution is 9.10. The largest absolute Gasteiger partial charge is 0.349 e. The molecule has 2 N–H and O–H groups in total. The van der Waals surface area contributed by atoms with Crippen molar-refractivity contribution in [2.45, 2.75) is 37.8 Å². The van der Waals surface area contributed by atoms with Gasteiger partial charge in [-0.05, 0) is 109 Å². The van der Waals surface area contributed by atoms with Gasteiger partial charge in [-0.2, -0.15) is 0 Å². The monoisotopic (exact) mass is 588 g/mol. The average Bonchev–Trinajstić information content (AvgIpc) is 3.52. The number of fused-ring (bicyclic) bond motifs is 2. The second-order valence-corrected chi connectivity index (χ2v) is 10.8. The Balaban J connectivity index is 0.000000158. The zero-order valence-corrected chi connectivity index (χ0v) is 22.7. The fourth-order valence-electron chi connectivity index (χ4n) is 5.09. The van der Waals surface area contributed by atoms with Crippen LogP contribution in [0.2, 0.25) is 0 Å². The topological polar surface area (TPSA) is 58.2 Å². The Labute approximate surface area is 234 Å². The molecule has 0 bridgehead atoms. The van der Waals surface area contributed by atoms with Crippen LogP contribution in [0.4, 0.5) is 8.78 Å². The van der Waals surface area contributed by atoms with Crippen LogP contribution in [0.25, 0.3) is 0 Å². The molecule has 0 fully saturated rings. The van der Waals surface area contributed by atoms with Gasteiger partial charge in [0.25, 0.3) is 11.8 Å². The van der Waals surface area contributed by atoms with Crippen molar-refractivity contribution in [3.05, 3.63) is 140 Å². The van der Waals surface area contributed by atoms with Crippen LogP contribution in [0, 0.1) is 11.6 Å². The van der Waals surface area contributed by atoms with E-state index in [0.717, 1.165) is 30.2 Å². The van der Waals surface area contributed by atoms with Gasteiger partial charge >= 0.3 is 0 Å². The molecule has 0 spiro atoms. The molecule has 0 saturated heterocycles. The molecule has 0 aromatic heterocycles. The quantitative estimate of drug-likeness (QED) is 0.298. The normalized spacial score (nSPS) is 15.5. The van der Waals surface area contributed by atoms with Crippen LogP contribution in [0.5, 0.6) is 0 Å². The van der Waals surface area contributed by atoms with Gasteiger partial charge in [0, 0.05) is 27.7 Å². The summed E-state index contributed by atoms with van der Waals surface area (Å²) in [5.41, 5.74) is 6.13. The minimum absolute atomic E-state index is 0.108. The molecule has 2 amide bonds. The molecule has 7 heteroatoms. The van der Waals surface area contributed by atoms with Gasteiger partial charge in [-0.3, -0.25) is 9.59 Å². The van der Waals surface area contributed by atoms with E-state index in [2.05, 4.69) is 50.8 Å². The summed E-state index contributed by atoms with van der Waals surface area (Å²) in [6, 6.07) is 25.9. The summed E-state index contributed by atoms with van der Waals surface area (Å²) in [4.78, 5) is 24.1. The standard InChI is InChI=1S/C16H13BrFNO.C16H14FNO/c17-13-4-1-11-8-15(9-12(11)7-13)19-16(20)10-2-5-14(18)6-3-10;17-14-7-5-11(6-8-14)16(19)18-15-9-12-3-1-2-4-13(12)10-15/h1-7,15H,8-9H2,(H,19,20);1-8,15H,9-10H2,(H,18,19). The smallest absolute Gasteiger partial charge is 0.251 e. The lowest BCUT2D eigenvalue weighted by atomic mass is 10.1. The number of carbonyl (C=O) groups excluding carboxylic acids is 2. The maximum atomic E-state index is 12.8. The lowest BCUT2D eigenvalue weighted by molar-refractivity contribution is 0.0930. The fourth-order valence-corrected chi connectivity index (χ4v) is 5.50. The van der Waals surface area contributed by atoms with E-state index < -0.39 is 0 Å². The van der Waals surface area contributed by atoms with Gasteiger partial charge < -0.3 is 10.6 Å². The van der Waals surface area contributed by atoms with Crippen LogP contribution in [-0.4, -0.2) is 23.9 Å². The predicted octanol–water partition coefficient (Wildman–Crippen LogP) is 6.21. The molecule has 4 aromatic rings. The van der Waals surface area contributed by atoms with E-state index in [1.54, 1.807) is 0 Å². The summed E-state index contributed by atoms with van der Waals surface area (Å²) in [5, 5.41) is 6.00. The van der Waals surface area contributed by atoms with Crippen molar-refractivity contribution in [2.75, 3.05) is 0 Å². The molecule has 198 valence electrons. The molecule has 6 rings (SSSR count). The molecule has 4 aromatic carbocycles. The van der Waals surface area contributed by atoms with Gasteiger partial charge in [0.15, 0.2) is 0 Å². The van der Waals surface area contributed by atoms with Crippen molar-refractivity contribution < 1.29 is 18.4 Å². The van der Waals surface area contributed by atoms with Crippen LogP contribution in [0.3, 0.4) is 0 Å². The van der Waals surface area contributed by atoms with Crippen LogP contribution >= 0.6 is 15.9 Å². The van der Waals surface area contributed by atoms with Gasteiger partial charge in [0.05, 0.1) is 0 Å². The SMILES string of the molecule is O=C(NC1Cc2ccc(Br)cc2C1)c1ccc(F)cc1.O=C(NC1Cc2ccccc2C1)c1ccc(F)cc1. The van der Waals surface area contributed by atoms with Gasteiger partial charge in [-0.15, -0.1) is 0 Å². The molecule has 4 nitrogen and oxygen atoms in total. The highest BCUT2D eigenvalue weighted by Gasteiger charge is 2.24. The van der Waals surface area contributed by atoms with Crippen molar-refractivity contribution in [1.82, 2.24) is 10.6 Å². The number of hydrogen-bond acceptors (Lipinski definition) is 2. The van der Waals surface area contributed by atoms with Gasteiger partial charge in [-0.1, -0.05) is 46.3 Å². The maximum Gasteiger partial charge on any atom is 0.251 e. The zero-order chi connectivity index (χ0) is 27.4. The van der Waals surface area contributed by atoms with Crippen molar-refractivity contribution in [3.8, 4) is 0 Å². The molecule has 1 unspecified atom stereocenters.